The molecule has 0 unspecified atom stereocenters. The summed E-state index contributed by atoms with van der Waals surface area (Å²) in [6.45, 7) is -0.0344. The molecule has 0 saturated carbocycles. The number of nitrogens with zero attached hydrogens (tertiary/aromatic N) is 7. The Hall–Kier alpha value is -5.71. The number of phenolic OH excluding ortho intramolecular Hbond substituents is 1. The zero-order valence-corrected chi connectivity index (χ0v) is 27.2. The average molecular weight is 725 g/mol. The number of aromatic nitrogens is 3. The minimum atomic E-state index is -4.90. The second-order valence-corrected chi connectivity index (χ2v) is 12.9. The molecule has 8 N–H and O–H groups in total. The number of azo groups is 2. The fraction of sp³-hybridized carbons (Fsp3) is 0.138. The van der Waals surface area contributed by atoms with Crippen LogP contribution in [0, 0.1) is 0 Å². The molecule has 260 valence electrons. The Morgan fingerprint density at radius 2 is 1.12 bits per heavy atom. The van der Waals surface area contributed by atoms with Gasteiger partial charge in [-0.15, -0.1) is 5.11 Å². The van der Waals surface area contributed by atoms with E-state index < -0.39 is 36.6 Å². The van der Waals surface area contributed by atoms with Crippen molar-refractivity contribution in [2.45, 2.75) is 9.79 Å². The van der Waals surface area contributed by atoms with Gasteiger partial charge in [0.05, 0.1) is 35.2 Å². The summed E-state index contributed by atoms with van der Waals surface area (Å²) in [4.78, 5) is 11.6. The van der Waals surface area contributed by atoms with Crippen LogP contribution in [0.3, 0.4) is 0 Å². The van der Waals surface area contributed by atoms with Gasteiger partial charge in [-0.3, -0.25) is 9.11 Å². The van der Waals surface area contributed by atoms with E-state index in [2.05, 4.69) is 51.4 Å². The number of phenols is 1. The summed E-state index contributed by atoms with van der Waals surface area (Å²) in [7, 11) is -9.24. The van der Waals surface area contributed by atoms with Crippen molar-refractivity contribution in [1.82, 2.24) is 15.0 Å². The van der Waals surface area contributed by atoms with E-state index in [1.165, 1.54) is 60.7 Å². The number of hydrogen-bond donors (Lipinski definition) is 8. The summed E-state index contributed by atoms with van der Waals surface area (Å²) in [5.74, 6) is -0.248. The van der Waals surface area contributed by atoms with Crippen LogP contribution in [0.2, 0.25) is 0 Å². The van der Waals surface area contributed by atoms with Crippen LogP contribution in [-0.2, 0) is 20.2 Å². The molecule has 21 heteroatoms. The first-order chi connectivity index (χ1) is 23.8. The van der Waals surface area contributed by atoms with Crippen LogP contribution in [0.15, 0.2) is 103 Å². The molecule has 19 nitrogen and oxygen atoms in total. The molecule has 0 atom stereocenters. The summed E-state index contributed by atoms with van der Waals surface area (Å²) in [6.07, 6.45) is 0. The fourth-order valence-electron chi connectivity index (χ4n) is 4.27. The maximum Gasteiger partial charge on any atom is 0.296 e. The van der Waals surface area contributed by atoms with Crippen molar-refractivity contribution in [2.24, 2.45) is 20.5 Å². The molecule has 4 aromatic carbocycles. The van der Waals surface area contributed by atoms with Gasteiger partial charge >= 0.3 is 0 Å². The summed E-state index contributed by atoms with van der Waals surface area (Å²) < 4.78 is 66.2. The highest BCUT2D eigenvalue weighted by Gasteiger charge is 2.22. The van der Waals surface area contributed by atoms with Gasteiger partial charge in [-0.05, 0) is 78.2 Å². The Labute approximate surface area is 284 Å². The smallest absolute Gasteiger partial charge is 0.296 e. The van der Waals surface area contributed by atoms with Crippen LogP contribution in [0.25, 0.3) is 10.8 Å². The Balaban J connectivity index is 1.39. The van der Waals surface area contributed by atoms with E-state index in [-0.39, 0.29) is 65.5 Å². The number of rotatable bonds is 14. The van der Waals surface area contributed by atoms with E-state index in [1.807, 2.05) is 0 Å². The lowest BCUT2D eigenvalue weighted by Crippen LogP contribution is -2.14. The average Bonchev–Trinajstić information content (AvgIpc) is 3.08. The minimum Gasteiger partial charge on any atom is -0.505 e. The van der Waals surface area contributed by atoms with Gasteiger partial charge in [-0.2, -0.15) is 47.1 Å². The van der Waals surface area contributed by atoms with Gasteiger partial charge in [0.15, 0.2) is 5.75 Å². The summed E-state index contributed by atoms with van der Waals surface area (Å²) in [5.41, 5.74) is 0.800. The topological polar surface area (TPSA) is 294 Å². The molecule has 50 heavy (non-hydrogen) atoms. The number of hydrogen-bond acceptors (Lipinski definition) is 17. The normalized spacial score (nSPS) is 12.2. The van der Waals surface area contributed by atoms with Crippen LogP contribution in [-0.4, -0.2) is 82.5 Å². The monoisotopic (exact) mass is 724 g/mol. The molecule has 0 aliphatic heterocycles. The second-order valence-electron chi connectivity index (χ2n) is 10.1. The largest absolute Gasteiger partial charge is 0.505 e. The molecule has 1 heterocycles. The molecule has 0 amide bonds. The Kier molecular flexibility index (Phi) is 10.8. The first kappa shape index (κ1) is 35.6. The van der Waals surface area contributed by atoms with Crippen LogP contribution in [0.5, 0.6) is 5.75 Å². The molecule has 0 fully saturated rings. The molecular formula is C29H28N10O9S2. The Bertz CT molecular complexity index is 2260. The van der Waals surface area contributed by atoms with E-state index in [1.54, 1.807) is 6.07 Å². The quantitative estimate of drug-likeness (QED) is 0.0573. The number of aliphatic hydroxyl groups excluding tert-OH is 2. The molecule has 0 radical (unpaired) electrons. The van der Waals surface area contributed by atoms with Gasteiger partial charge in [-0.25, -0.2) is 0 Å². The van der Waals surface area contributed by atoms with Crippen molar-refractivity contribution < 1.29 is 41.3 Å². The number of aromatic hydroxyl groups is 1. The molecule has 5 aromatic rings. The molecule has 0 saturated heterocycles. The first-order valence-corrected chi connectivity index (χ1v) is 17.2. The van der Waals surface area contributed by atoms with E-state index in [0.29, 0.717) is 17.1 Å². The van der Waals surface area contributed by atoms with Crippen LogP contribution >= 0.6 is 0 Å². The molecule has 0 bridgehead atoms. The highest BCUT2D eigenvalue weighted by atomic mass is 32.2. The predicted molar refractivity (Wildman–Crippen MR) is 181 cm³/mol. The number of benzene rings is 4. The number of anilines is 4. The van der Waals surface area contributed by atoms with Crippen molar-refractivity contribution in [3.63, 3.8) is 0 Å². The van der Waals surface area contributed by atoms with E-state index >= 15 is 0 Å². The van der Waals surface area contributed by atoms with Crippen LogP contribution < -0.4 is 16.0 Å². The third kappa shape index (κ3) is 9.04. The molecule has 0 spiro atoms. The summed E-state index contributed by atoms with van der Waals surface area (Å²) in [5, 5.41) is 54.2. The van der Waals surface area contributed by atoms with Gasteiger partial charge in [0.25, 0.3) is 20.2 Å². The van der Waals surface area contributed by atoms with Gasteiger partial charge in [0, 0.05) is 24.2 Å². The maximum absolute atomic E-state index is 12.4. The lowest BCUT2D eigenvalue weighted by atomic mass is 10.1. The molecule has 5 rings (SSSR count). The van der Waals surface area contributed by atoms with Crippen molar-refractivity contribution in [1.29, 1.82) is 0 Å². The van der Waals surface area contributed by atoms with Crippen molar-refractivity contribution in [3.8, 4) is 5.75 Å². The standard InChI is InChI=1S/C29H28N10O9S2/c40-13-11-30-27-33-28(31-12-14-41)35-29(34-27)32-21-7-10-23-17(15-21)16-24(50(46,47)48)25(26(23)42)39-38-19-3-1-18(2-4-19)36-37-20-5-8-22(9-6-20)49(43,44)45/h1-10,15-16,40-42H,11-14H2,(H,43,44,45)(H,46,47,48)(H3,30,31,32,33,34,35). The van der Waals surface area contributed by atoms with Crippen molar-refractivity contribution in [3.05, 3.63) is 72.8 Å². The highest BCUT2D eigenvalue weighted by Crippen LogP contribution is 2.42. The van der Waals surface area contributed by atoms with Gasteiger partial charge in [-0.1, -0.05) is 0 Å². The van der Waals surface area contributed by atoms with Crippen molar-refractivity contribution in [2.75, 3.05) is 42.3 Å². The zero-order chi connectivity index (χ0) is 35.9. The Morgan fingerprint density at radius 1 is 0.620 bits per heavy atom. The predicted octanol–water partition coefficient (Wildman–Crippen LogP) is 4.61. The van der Waals surface area contributed by atoms with Crippen LogP contribution in [0.4, 0.5) is 46.3 Å². The number of fused-ring (bicyclic) bond motifs is 1. The van der Waals surface area contributed by atoms with Gasteiger partial charge in [0.1, 0.15) is 10.6 Å². The SMILES string of the molecule is O=S(=O)(O)c1ccc(N=Nc2ccc(N=Nc3c(S(=O)(=O)O)cc4cc(Nc5nc(NCCO)nc(NCCO)n5)ccc4c3O)cc2)cc1. The van der Waals surface area contributed by atoms with E-state index in [0.717, 1.165) is 6.07 Å². The minimum absolute atomic E-state index is 0.0618. The molecular weight excluding hydrogens is 697 g/mol. The number of nitrogens with one attached hydrogen (secondary N) is 3. The van der Waals surface area contributed by atoms with Gasteiger partial charge in [0.2, 0.25) is 17.8 Å². The summed E-state index contributed by atoms with van der Waals surface area (Å²) >= 11 is 0. The molecule has 0 aliphatic rings. The second kappa shape index (κ2) is 15.2. The number of aliphatic hydroxyl groups is 2. The first-order valence-electron chi connectivity index (χ1n) is 14.3. The van der Waals surface area contributed by atoms with E-state index in [4.69, 9.17) is 14.8 Å². The molecule has 1 aromatic heterocycles. The third-order valence-electron chi connectivity index (χ3n) is 6.54. The summed E-state index contributed by atoms with van der Waals surface area (Å²) in [6, 6.07) is 16.7. The highest BCUT2D eigenvalue weighted by molar-refractivity contribution is 7.86. The fourth-order valence-corrected chi connectivity index (χ4v) is 5.41. The van der Waals surface area contributed by atoms with Crippen molar-refractivity contribution >= 4 is 77.3 Å². The van der Waals surface area contributed by atoms with E-state index in [9.17, 15) is 26.5 Å². The Morgan fingerprint density at radius 3 is 1.62 bits per heavy atom. The third-order valence-corrected chi connectivity index (χ3v) is 8.28. The zero-order valence-electron chi connectivity index (χ0n) is 25.6. The lowest BCUT2D eigenvalue weighted by Gasteiger charge is -2.12. The maximum atomic E-state index is 12.4. The molecule has 0 aliphatic carbocycles. The van der Waals surface area contributed by atoms with Gasteiger partial charge < -0.3 is 31.3 Å². The lowest BCUT2D eigenvalue weighted by molar-refractivity contribution is 0.310. The van der Waals surface area contributed by atoms with Crippen LogP contribution in [0.1, 0.15) is 0 Å².